The summed E-state index contributed by atoms with van der Waals surface area (Å²) in [5, 5.41) is 5.53. The third-order valence-corrected chi connectivity index (χ3v) is 3.78. The molecule has 6 nitrogen and oxygen atoms in total. The lowest BCUT2D eigenvalue weighted by molar-refractivity contribution is -0.119. The predicted octanol–water partition coefficient (Wildman–Crippen LogP) is 3.88. The van der Waals surface area contributed by atoms with Gasteiger partial charge >= 0.3 is 6.09 Å². The van der Waals surface area contributed by atoms with Crippen LogP contribution in [0.2, 0.25) is 0 Å². The first-order valence-corrected chi connectivity index (χ1v) is 8.52. The molecular weight excluding hydrogens is 320 g/mol. The lowest BCUT2D eigenvalue weighted by Gasteiger charge is -2.26. The van der Waals surface area contributed by atoms with Crippen molar-refractivity contribution in [3.05, 3.63) is 23.8 Å². The van der Waals surface area contributed by atoms with Gasteiger partial charge in [-0.3, -0.25) is 4.79 Å². The highest BCUT2D eigenvalue weighted by Crippen LogP contribution is 2.26. The SMILES string of the molecule is CCC(C)C(NC(=O)OC(C)(C)C)C(=O)Nc1cc(C)ccc1OC. The van der Waals surface area contributed by atoms with E-state index in [1.54, 1.807) is 33.9 Å². The number of rotatable bonds is 6. The second kappa shape index (κ2) is 8.74. The summed E-state index contributed by atoms with van der Waals surface area (Å²) in [5.41, 5.74) is 0.948. The Hall–Kier alpha value is -2.24. The van der Waals surface area contributed by atoms with Gasteiger partial charge in [0.1, 0.15) is 17.4 Å². The Labute approximate surface area is 150 Å². The minimum absolute atomic E-state index is 0.0525. The Morgan fingerprint density at radius 2 is 1.88 bits per heavy atom. The van der Waals surface area contributed by atoms with Gasteiger partial charge in [-0.15, -0.1) is 0 Å². The normalized spacial score (nSPS) is 13.6. The number of benzene rings is 1. The van der Waals surface area contributed by atoms with Crippen LogP contribution in [0.4, 0.5) is 10.5 Å². The summed E-state index contributed by atoms with van der Waals surface area (Å²) in [5.74, 6) is 0.214. The molecule has 25 heavy (non-hydrogen) atoms. The maximum atomic E-state index is 12.8. The van der Waals surface area contributed by atoms with Crippen LogP contribution in [0.3, 0.4) is 0 Å². The average molecular weight is 350 g/mol. The smallest absolute Gasteiger partial charge is 0.408 e. The largest absolute Gasteiger partial charge is 0.495 e. The molecule has 6 heteroatoms. The van der Waals surface area contributed by atoms with E-state index in [0.717, 1.165) is 12.0 Å². The van der Waals surface area contributed by atoms with Crippen LogP contribution in [0, 0.1) is 12.8 Å². The van der Waals surface area contributed by atoms with Gasteiger partial charge in [0.15, 0.2) is 0 Å². The van der Waals surface area contributed by atoms with Crippen LogP contribution in [-0.2, 0) is 9.53 Å². The molecule has 0 aliphatic heterocycles. The topological polar surface area (TPSA) is 76.7 Å². The number of hydrogen-bond acceptors (Lipinski definition) is 4. The first kappa shape index (κ1) is 20.8. The Balaban J connectivity index is 2.94. The summed E-state index contributed by atoms with van der Waals surface area (Å²) >= 11 is 0. The van der Waals surface area contributed by atoms with Gasteiger partial charge in [0, 0.05) is 0 Å². The molecule has 0 bridgehead atoms. The number of methoxy groups -OCH3 is 1. The molecule has 2 amide bonds. The van der Waals surface area contributed by atoms with Gasteiger partial charge in [0.2, 0.25) is 5.91 Å². The van der Waals surface area contributed by atoms with Gasteiger partial charge in [-0.05, 0) is 51.3 Å². The average Bonchev–Trinajstić information content (AvgIpc) is 2.50. The molecule has 0 saturated carbocycles. The molecule has 0 radical (unpaired) electrons. The van der Waals surface area contributed by atoms with Crippen LogP contribution in [-0.4, -0.2) is 30.8 Å². The first-order chi connectivity index (χ1) is 11.6. The van der Waals surface area contributed by atoms with Crippen LogP contribution in [0.15, 0.2) is 18.2 Å². The van der Waals surface area contributed by atoms with Crippen molar-refractivity contribution in [1.29, 1.82) is 0 Å². The molecule has 2 N–H and O–H groups in total. The number of amides is 2. The molecular formula is C19H30N2O4. The van der Waals surface area contributed by atoms with Crippen molar-refractivity contribution >= 4 is 17.7 Å². The van der Waals surface area contributed by atoms with Gasteiger partial charge in [-0.1, -0.05) is 26.3 Å². The Morgan fingerprint density at radius 1 is 1.24 bits per heavy atom. The van der Waals surface area contributed by atoms with Crippen molar-refractivity contribution in [2.45, 2.75) is 59.6 Å². The molecule has 0 aliphatic carbocycles. The molecule has 0 saturated heterocycles. The fourth-order valence-electron chi connectivity index (χ4n) is 2.27. The van der Waals surface area contributed by atoms with E-state index < -0.39 is 17.7 Å². The summed E-state index contributed by atoms with van der Waals surface area (Å²) < 4.78 is 10.6. The van der Waals surface area contributed by atoms with E-state index in [9.17, 15) is 9.59 Å². The number of nitrogens with one attached hydrogen (secondary N) is 2. The van der Waals surface area contributed by atoms with E-state index in [1.807, 2.05) is 32.9 Å². The van der Waals surface area contributed by atoms with Gasteiger partial charge in [0.25, 0.3) is 0 Å². The molecule has 2 atom stereocenters. The van der Waals surface area contributed by atoms with Gasteiger partial charge < -0.3 is 20.1 Å². The standard InChI is InChI=1S/C19H30N2O4/c1-8-13(3)16(21-18(23)25-19(4,5)6)17(22)20-14-11-12(2)9-10-15(14)24-7/h9-11,13,16H,8H2,1-7H3,(H,20,22)(H,21,23). The molecule has 1 aromatic rings. The van der Waals surface area contributed by atoms with E-state index >= 15 is 0 Å². The van der Waals surface area contributed by atoms with Crippen LogP contribution in [0.5, 0.6) is 5.75 Å². The number of aryl methyl sites for hydroxylation is 1. The van der Waals surface area contributed by atoms with Crippen molar-refractivity contribution < 1.29 is 19.1 Å². The molecule has 1 rings (SSSR count). The molecule has 2 unspecified atom stereocenters. The fraction of sp³-hybridized carbons (Fsp3) is 0.579. The summed E-state index contributed by atoms with van der Waals surface area (Å²) in [6.45, 7) is 11.2. The van der Waals surface area contributed by atoms with Crippen LogP contribution in [0.25, 0.3) is 0 Å². The molecule has 0 heterocycles. The zero-order chi connectivity index (χ0) is 19.2. The monoisotopic (exact) mass is 350 g/mol. The zero-order valence-electron chi connectivity index (χ0n) is 16.2. The summed E-state index contributed by atoms with van der Waals surface area (Å²) in [6.07, 6.45) is 0.128. The second-order valence-electron chi connectivity index (χ2n) is 7.20. The molecule has 1 aromatic carbocycles. The fourth-order valence-corrected chi connectivity index (χ4v) is 2.27. The summed E-state index contributed by atoms with van der Waals surface area (Å²) in [7, 11) is 1.55. The van der Waals surface area contributed by atoms with Crippen LogP contribution >= 0.6 is 0 Å². The van der Waals surface area contributed by atoms with Crippen LogP contribution < -0.4 is 15.4 Å². The molecule has 140 valence electrons. The number of ether oxygens (including phenoxy) is 2. The molecule has 0 spiro atoms. The number of carbonyl (C=O) groups is 2. The predicted molar refractivity (Wildman–Crippen MR) is 99.0 cm³/mol. The molecule has 0 aliphatic rings. The maximum absolute atomic E-state index is 12.8. The van der Waals surface area contributed by atoms with Crippen LogP contribution in [0.1, 0.15) is 46.6 Å². The minimum Gasteiger partial charge on any atom is -0.495 e. The van der Waals surface area contributed by atoms with Gasteiger partial charge in [-0.2, -0.15) is 0 Å². The van der Waals surface area contributed by atoms with E-state index in [0.29, 0.717) is 11.4 Å². The highest BCUT2D eigenvalue weighted by atomic mass is 16.6. The number of carbonyl (C=O) groups excluding carboxylic acids is 2. The lowest BCUT2D eigenvalue weighted by atomic mass is 9.98. The lowest BCUT2D eigenvalue weighted by Crippen LogP contribution is -2.49. The quantitative estimate of drug-likeness (QED) is 0.816. The second-order valence-corrected chi connectivity index (χ2v) is 7.20. The minimum atomic E-state index is -0.704. The number of alkyl carbamates (subject to hydrolysis) is 1. The van der Waals surface area contributed by atoms with Crippen molar-refractivity contribution in [1.82, 2.24) is 5.32 Å². The summed E-state index contributed by atoms with van der Waals surface area (Å²) in [6, 6.07) is 4.83. The van der Waals surface area contributed by atoms with E-state index in [4.69, 9.17) is 9.47 Å². The Kier molecular flexibility index (Phi) is 7.27. The van der Waals surface area contributed by atoms with Crippen molar-refractivity contribution in [2.75, 3.05) is 12.4 Å². The molecule has 0 aromatic heterocycles. The third kappa shape index (κ3) is 6.64. The Morgan fingerprint density at radius 3 is 2.40 bits per heavy atom. The maximum Gasteiger partial charge on any atom is 0.408 e. The third-order valence-electron chi connectivity index (χ3n) is 3.78. The van der Waals surface area contributed by atoms with Crippen molar-refractivity contribution in [3.8, 4) is 5.75 Å². The van der Waals surface area contributed by atoms with Gasteiger partial charge in [0.05, 0.1) is 12.8 Å². The zero-order valence-corrected chi connectivity index (χ0v) is 16.2. The van der Waals surface area contributed by atoms with E-state index in [1.165, 1.54) is 0 Å². The molecule has 0 fully saturated rings. The summed E-state index contributed by atoms with van der Waals surface area (Å²) in [4.78, 5) is 24.8. The highest BCUT2D eigenvalue weighted by Gasteiger charge is 2.28. The Bertz CT molecular complexity index is 608. The first-order valence-electron chi connectivity index (χ1n) is 8.52. The van der Waals surface area contributed by atoms with Gasteiger partial charge in [-0.25, -0.2) is 4.79 Å². The van der Waals surface area contributed by atoms with Crippen molar-refractivity contribution in [2.24, 2.45) is 5.92 Å². The number of anilines is 1. The highest BCUT2D eigenvalue weighted by molar-refractivity contribution is 5.98. The van der Waals surface area contributed by atoms with E-state index in [-0.39, 0.29) is 11.8 Å². The number of hydrogen-bond donors (Lipinski definition) is 2. The van der Waals surface area contributed by atoms with E-state index in [2.05, 4.69) is 10.6 Å². The van der Waals surface area contributed by atoms with Crippen molar-refractivity contribution in [3.63, 3.8) is 0 Å².